The Kier molecular flexibility index (Phi) is 6.75. The van der Waals surface area contributed by atoms with E-state index in [9.17, 15) is 9.59 Å². The van der Waals surface area contributed by atoms with E-state index >= 15 is 0 Å². The summed E-state index contributed by atoms with van der Waals surface area (Å²) in [6, 6.07) is 13.6. The summed E-state index contributed by atoms with van der Waals surface area (Å²) in [5.41, 5.74) is 7.59. The number of rotatable bonds is 7. The van der Waals surface area contributed by atoms with Gasteiger partial charge in [0, 0.05) is 27.9 Å². The first kappa shape index (κ1) is 20.4. The van der Waals surface area contributed by atoms with Crippen LogP contribution in [0.5, 0.6) is 0 Å². The number of hydrogen-bond acceptors (Lipinski definition) is 4. The van der Waals surface area contributed by atoms with Gasteiger partial charge in [-0.25, -0.2) is 0 Å². The molecule has 0 aromatic heterocycles. The van der Waals surface area contributed by atoms with E-state index in [0.717, 1.165) is 29.3 Å². The van der Waals surface area contributed by atoms with Gasteiger partial charge in [-0.1, -0.05) is 36.4 Å². The van der Waals surface area contributed by atoms with E-state index in [2.05, 4.69) is 17.1 Å². The summed E-state index contributed by atoms with van der Waals surface area (Å²) < 4.78 is 0. The summed E-state index contributed by atoms with van der Waals surface area (Å²) in [7, 11) is 0. The van der Waals surface area contributed by atoms with E-state index in [1.165, 1.54) is 23.7 Å². The average Bonchev–Trinajstić information content (AvgIpc) is 3.15. The number of nitrogens with two attached hydrogens (primary N) is 1. The van der Waals surface area contributed by atoms with Gasteiger partial charge >= 0.3 is 0 Å². The van der Waals surface area contributed by atoms with Gasteiger partial charge in [0.25, 0.3) is 5.91 Å². The van der Waals surface area contributed by atoms with E-state index in [0.29, 0.717) is 23.7 Å². The van der Waals surface area contributed by atoms with E-state index < -0.39 is 5.91 Å². The fourth-order valence-corrected chi connectivity index (χ4v) is 4.47. The maximum Gasteiger partial charge on any atom is 0.251 e. The van der Waals surface area contributed by atoms with Crippen molar-refractivity contribution in [3.8, 4) is 0 Å². The molecule has 148 valence electrons. The summed E-state index contributed by atoms with van der Waals surface area (Å²) in [6.07, 6.45) is 2.28. The fraction of sp³-hybridized carbons (Fsp3) is 0.364. The summed E-state index contributed by atoms with van der Waals surface area (Å²) in [5.74, 6) is -0.699. The van der Waals surface area contributed by atoms with Crippen LogP contribution in [0.25, 0.3) is 0 Å². The number of primary amides is 1. The Morgan fingerprint density at radius 3 is 2.64 bits per heavy atom. The first-order valence-electron chi connectivity index (χ1n) is 9.68. The van der Waals surface area contributed by atoms with Crippen molar-refractivity contribution in [2.24, 2.45) is 5.73 Å². The van der Waals surface area contributed by atoms with Gasteiger partial charge in [-0.3, -0.25) is 14.5 Å². The quantitative estimate of drug-likeness (QED) is 0.750. The molecule has 6 heteroatoms. The minimum absolute atomic E-state index is 0.169. The molecule has 0 radical (unpaired) electrons. The molecule has 1 aliphatic rings. The van der Waals surface area contributed by atoms with Crippen molar-refractivity contribution in [2.75, 3.05) is 19.6 Å². The van der Waals surface area contributed by atoms with E-state index in [1.54, 1.807) is 18.2 Å². The van der Waals surface area contributed by atoms with Crippen LogP contribution in [0.3, 0.4) is 0 Å². The van der Waals surface area contributed by atoms with E-state index in [1.807, 2.05) is 31.2 Å². The predicted octanol–water partition coefficient (Wildman–Crippen LogP) is 3.46. The molecule has 0 saturated carbocycles. The molecule has 2 amide bonds. The summed E-state index contributed by atoms with van der Waals surface area (Å²) >= 11 is 1.47. The molecule has 1 unspecified atom stereocenters. The molecule has 1 heterocycles. The van der Waals surface area contributed by atoms with Gasteiger partial charge in [0.15, 0.2) is 0 Å². The second-order valence-corrected chi connectivity index (χ2v) is 8.24. The number of hydrogen-bond donors (Lipinski definition) is 2. The van der Waals surface area contributed by atoms with Crippen LogP contribution < -0.4 is 11.1 Å². The van der Waals surface area contributed by atoms with Gasteiger partial charge in [0.1, 0.15) is 0 Å². The molecule has 0 spiro atoms. The Bertz CT molecular complexity index is 851. The van der Waals surface area contributed by atoms with Crippen molar-refractivity contribution in [1.82, 2.24) is 10.2 Å². The van der Waals surface area contributed by atoms with Gasteiger partial charge in [0.05, 0.1) is 5.56 Å². The first-order chi connectivity index (χ1) is 13.5. The zero-order valence-electron chi connectivity index (χ0n) is 16.4. The second kappa shape index (κ2) is 9.26. The molecule has 0 bridgehead atoms. The topological polar surface area (TPSA) is 75.4 Å². The summed E-state index contributed by atoms with van der Waals surface area (Å²) in [6.45, 7) is 6.88. The lowest BCUT2D eigenvalue weighted by Gasteiger charge is -2.23. The standard InChI is InChI=1S/C22H27N3O2S/c1-3-25-12-4-5-17(25)14-24-22(27)16-8-11-20(19(13-16)21(23)26)28-18-9-6-15(2)7-10-18/h6-11,13,17H,3-5,12,14H2,1-2H3,(H2,23,26)(H,24,27). The number of carbonyl (C=O) groups is 2. The molecule has 3 rings (SSSR count). The average molecular weight is 398 g/mol. The molecular weight excluding hydrogens is 370 g/mol. The largest absolute Gasteiger partial charge is 0.366 e. The second-order valence-electron chi connectivity index (χ2n) is 7.12. The number of likely N-dealkylation sites (tertiary alicyclic amines) is 1. The van der Waals surface area contributed by atoms with Crippen molar-refractivity contribution in [3.05, 3.63) is 59.2 Å². The van der Waals surface area contributed by atoms with Crippen LogP contribution >= 0.6 is 11.8 Å². The maximum absolute atomic E-state index is 12.6. The number of nitrogens with zero attached hydrogens (tertiary/aromatic N) is 1. The van der Waals surface area contributed by atoms with Crippen LogP contribution in [0, 0.1) is 6.92 Å². The third-order valence-corrected chi connectivity index (χ3v) is 6.24. The Balaban J connectivity index is 1.71. The molecule has 5 nitrogen and oxygen atoms in total. The lowest BCUT2D eigenvalue weighted by molar-refractivity contribution is 0.0941. The number of likely N-dealkylation sites (N-methyl/N-ethyl adjacent to an activating group) is 1. The number of nitrogens with one attached hydrogen (secondary N) is 1. The Labute approximate surface area is 170 Å². The molecule has 1 atom stereocenters. The highest BCUT2D eigenvalue weighted by Crippen LogP contribution is 2.31. The normalized spacial score (nSPS) is 16.9. The van der Waals surface area contributed by atoms with Crippen LogP contribution in [0.4, 0.5) is 0 Å². The third kappa shape index (κ3) is 4.94. The van der Waals surface area contributed by atoms with Gasteiger partial charge in [-0.15, -0.1) is 0 Å². The van der Waals surface area contributed by atoms with Crippen LogP contribution in [0.1, 0.15) is 46.0 Å². The SMILES string of the molecule is CCN1CCCC1CNC(=O)c1ccc(Sc2ccc(C)cc2)c(C(N)=O)c1. The molecule has 2 aromatic carbocycles. The van der Waals surface area contributed by atoms with Crippen molar-refractivity contribution in [2.45, 2.75) is 42.5 Å². The zero-order chi connectivity index (χ0) is 20.1. The van der Waals surface area contributed by atoms with Crippen molar-refractivity contribution < 1.29 is 9.59 Å². The Morgan fingerprint density at radius 1 is 1.21 bits per heavy atom. The molecule has 1 saturated heterocycles. The Morgan fingerprint density at radius 2 is 1.96 bits per heavy atom. The minimum atomic E-state index is -0.530. The minimum Gasteiger partial charge on any atom is -0.366 e. The van der Waals surface area contributed by atoms with Crippen molar-refractivity contribution in [3.63, 3.8) is 0 Å². The molecule has 3 N–H and O–H groups in total. The van der Waals surface area contributed by atoms with Crippen LogP contribution in [0.2, 0.25) is 0 Å². The number of aryl methyl sites for hydroxylation is 1. The van der Waals surface area contributed by atoms with Crippen molar-refractivity contribution >= 4 is 23.6 Å². The van der Waals surface area contributed by atoms with E-state index in [4.69, 9.17) is 5.73 Å². The number of carbonyl (C=O) groups excluding carboxylic acids is 2. The van der Waals surface area contributed by atoms with Crippen molar-refractivity contribution in [1.29, 1.82) is 0 Å². The van der Waals surface area contributed by atoms with Crippen LogP contribution in [-0.2, 0) is 0 Å². The van der Waals surface area contributed by atoms with Crippen LogP contribution in [-0.4, -0.2) is 42.4 Å². The highest BCUT2D eigenvalue weighted by molar-refractivity contribution is 7.99. The van der Waals surface area contributed by atoms with Gasteiger partial charge < -0.3 is 11.1 Å². The fourth-order valence-electron chi connectivity index (χ4n) is 3.54. The smallest absolute Gasteiger partial charge is 0.251 e. The highest BCUT2D eigenvalue weighted by Gasteiger charge is 2.23. The first-order valence-corrected chi connectivity index (χ1v) is 10.5. The zero-order valence-corrected chi connectivity index (χ0v) is 17.2. The number of benzene rings is 2. The third-order valence-electron chi connectivity index (χ3n) is 5.16. The lowest BCUT2D eigenvalue weighted by Crippen LogP contribution is -2.40. The predicted molar refractivity (Wildman–Crippen MR) is 113 cm³/mol. The van der Waals surface area contributed by atoms with Gasteiger partial charge in [-0.05, 0) is 63.2 Å². The lowest BCUT2D eigenvalue weighted by atomic mass is 10.1. The molecule has 1 fully saturated rings. The van der Waals surface area contributed by atoms with Crippen LogP contribution in [0.15, 0.2) is 52.3 Å². The highest BCUT2D eigenvalue weighted by atomic mass is 32.2. The monoisotopic (exact) mass is 397 g/mol. The Hall–Kier alpha value is -2.31. The number of amides is 2. The summed E-state index contributed by atoms with van der Waals surface area (Å²) in [5, 5.41) is 3.01. The summed E-state index contributed by atoms with van der Waals surface area (Å²) in [4.78, 5) is 28.7. The van der Waals surface area contributed by atoms with E-state index in [-0.39, 0.29) is 5.91 Å². The molecule has 2 aromatic rings. The molecule has 0 aliphatic carbocycles. The molecule has 1 aliphatic heterocycles. The molecule has 28 heavy (non-hydrogen) atoms. The molecular formula is C22H27N3O2S. The maximum atomic E-state index is 12.6. The van der Waals surface area contributed by atoms with Gasteiger partial charge in [-0.2, -0.15) is 0 Å². The van der Waals surface area contributed by atoms with Gasteiger partial charge in [0.2, 0.25) is 5.91 Å².